The number of ether oxygens (including phenoxy) is 1. The van der Waals surface area contributed by atoms with Crippen molar-refractivity contribution in [3.8, 4) is 0 Å². The number of carbonyl (C=O) groups excluding carboxylic acids is 1. The maximum absolute atomic E-state index is 12.8. The molecule has 0 spiro atoms. The van der Waals surface area contributed by atoms with Crippen LogP contribution in [0, 0.1) is 5.82 Å². The highest BCUT2D eigenvalue weighted by Gasteiger charge is 2.07. The first-order valence-electron chi connectivity index (χ1n) is 3.75. The summed E-state index contributed by atoms with van der Waals surface area (Å²) >= 11 is 0. The molecule has 0 bridgehead atoms. The second kappa shape index (κ2) is 4.07. The second-order valence-corrected chi connectivity index (χ2v) is 2.54. The number of rotatable bonds is 2. The molecule has 1 rings (SSSR count). The summed E-state index contributed by atoms with van der Waals surface area (Å²) < 4.78 is 17.3. The van der Waals surface area contributed by atoms with Gasteiger partial charge in [0, 0.05) is 0 Å². The van der Waals surface area contributed by atoms with E-state index in [2.05, 4.69) is 4.74 Å². The van der Waals surface area contributed by atoms with E-state index in [9.17, 15) is 9.18 Å². The fourth-order valence-electron chi connectivity index (χ4n) is 1.00. The van der Waals surface area contributed by atoms with Gasteiger partial charge in [0.1, 0.15) is 5.82 Å². The lowest BCUT2D eigenvalue weighted by Crippen LogP contribution is -2.03. The first kappa shape index (κ1) is 9.77. The first-order chi connectivity index (χ1) is 6.17. The molecule has 66 valence electrons. The van der Waals surface area contributed by atoms with Gasteiger partial charge in [-0.25, -0.2) is 9.18 Å². The highest BCUT2D eigenvalue weighted by Crippen LogP contribution is 2.10. The summed E-state index contributed by atoms with van der Waals surface area (Å²) in [5.74, 6) is -1.04. The lowest BCUT2D eigenvalue weighted by atomic mass is 9.95. The fourth-order valence-corrected chi connectivity index (χ4v) is 1.00. The van der Waals surface area contributed by atoms with Crippen LogP contribution in [0.4, 0.5) is 4.39 Å². The van der Waals surface area contributed by atoms with Gasteiger partial charge in [-0.2, -0.15) is 0 Å². The van der Waals surface area contributed by atoms with Gasteiger partial charge < -0.3 is 4.74 Å². The smallest absolute Gasteiger partial charge is 0.337 e. The van der Waals surface area contributed by atoms with Crippen molar-refractivity contribution in [1.82, 2.24) is 0 Å². The Morgan fingerprint density at radius 2 is 2.23 bits per heavy atom. The molecule has 0 fully saturated rings. The molecule has 1 aromatic carbocycles. The van der Waals surface area contributed by atoms with Gasteiger partial charge in [-0.05, 0) is 18.2 Å². The van der Waals surface area contributed by atoms with Crippen molar-refractivity contribution in [2.75, 3.05) is 7.11 Å². The van der Waals surface area contributed by atoms with E-state index in [1.54, 1.807) is 0 Å². The zero-order chi connectivity index (χ0) is 9.84. The monoisotopic (exact) mass is 178 g/mol. The zero-order valence-corrected chi connectivity index (χ0v) is 7.21. The molecule has 0 saturated carbocycles. The van der Waals surface area contributed by atoms with Crippen LogP contribution >= 0.6 is 0 Å². The number of esters is 1. The average molecular weight is 178 g/mol. The molecule has 4 heteroatoms. The van der Waals surface area contributed by atoms with E-state index in [-0.39, 0.29) is 11.9 Å². The Hall–Kier alpha value is -1.32. The van der Waals surface area contributed by atoms with Crippen molar-refractivity contribution in [1.29, 1.82) is 0 Å². The Morgan fingerprint density at radius 3 is 2.77 bits per heavy atom. The van der Waals surface area contributed by atoms with Crippen molar-refractivity contribution in [3.63, 3.8) is 0 Å². The summed E-state index contributed by atoms with van der Waals surface area (Å²) in [7, 11) is 6.56. The van der Waals surface area contributed by atoms with Gasteiger partial charge in [0.05, 0.1) is 20.5 Å². The Balaban J connectivity index is 3.08. The molecule has 0 heterocycles. The van der Waals surface area contributed by atoms with Crippen LogP contribution in [0.5, 0.6) is 0 Å². The summed E-state index contributed by atoms with van der Waals surface area (Å²) in [6, 6.07) is 3.91. The maximum Gasteiger partial charge on any atom is 0.337 e. The van der Waals surface area contributed by atoms with Gasteiger partial charge in [-0.3, -0.25) is 0 Å². The number of benzene rings is 1. The van der Waals surface area contributed by atoms with Crippen molar-refractivity contribution in [2.24, 2.45) is 0 Å². The molecule has 0 aromatic heterocycles. The van der Waals surface area contributed by atoms with E-state index in [0.717, 1.165) is 6.07 Å². The SMILES string of the molecule is [B]Cc1cc(F)cc(C(=O)OC)c1. The number of hydrogen-bond donors (Lipinski definition) is 0. The third-order valence-corrected chi connectivity index (χ3v) is 1.61. The summed E-state index contributed by atoms with van der Waals surface area (Å²) in [6.45, 7) is 0. The van der Waals surface area contributed by atoms with Crippen molar-refractivity contribution in [2.45, 2.75) is 6.32 Å². The first-order valence-corrected chi connectivity index (χ1v) is 3.75. The Bertz CT molecular complexity index is 325. The highest BCUT2D eigenvalue weighted by molar-refractivity contribution is 6.08. The molecule has 0 unspecified atom stereocenters. The molecular formula is C9H8BFO2. The summed E-state index contributed by atoms with van der Waals surface area (Å²) in [5, 5.41) is 0. The van der Waals surface area contributed by atoms with Crippen molar-refractivity contribution < 1.29 is 13.9 Å². The topological polar surface area (TPSA) is 26.3 Å². The minimum absolute atomic E-state index is 0.183. The quantitative estimate of drug-likeness (QED) is 0.503. The Morgan fingerprint density at radius 1 is 1.54 bits per heavy atom. The normalized spacial score (nSPS) is 9.69. The molecular weight excluding hydrogens is 170 g/mol. The van der Waals surface area contributed by atoms with Gasteiger partial charge in [-0.15, -0.1) is 0 Å². The Labute approximate surface area is 77.1 Å². The molecule has 2 radical (unpaired) electrons. The van der Waals surface area contributed by atoms with Gasteiger partial charge in [0.15, 0.2) is 0 Å². The fraction of sp³-hybridized carbons (Fsp3) is 0.222. The molecule has 0 aliphatic rings. The minimum Gasteiger partial charge on any atom is -0.465 e. The third kappa shape index (κ3) is 2.31. The summed E-state index contributed by atoms with van der Waals surface area (Å²) in [4.78, 5) is 11.0. The van der Waals surface area contributed by atoms with Gasteiger partial charge in [-0.1, -0.05) is 11.9 Å². The molecule has 0 atom stereocenters. The largest absolute Gasteiger partial charge is 0.465 e. The van der Waals surface area contributed by atoms with Crippen LogP contribution in [0.15, 0.2) is 18.2 Å². The van der Waals surface area contributed by atoms with Crippen LogP contribution in [0.2, 0.25) is 0 Å². The molecule has 2 nitrogen and oxygen atoms in total. The molecule has 0 amide bonds. The molecule has 0 aliphatic heterocycles. The van der Waals surface area contributed by atoms with E-state index >= 15 is 0 Å². The third-order valence-electron chi connectivity index (χ3n) is 1.61. The van der Waals surface area contributed by atoms with Crippen molar-refractivity contribution in [3.05, 3.63) is 35.1 Å². The summed E-state index contributed by atoms with van der Waals surface area (Å²) in [6.07, 6.45) is 0.196. The standard InChI is InChI=1S/C9H8BFO2/c1-13-9(12)7-2-6(5-10)3-8(11)4-7/h2-4H,5H2,1H3. The number of carbonyl (C=O) groups is 1. The Kier molecular flexibility index (Phi) is 3.06. The molecule has 0 N–H and O–H groups in total. The van der Waals surface area contributed by atoms with Gasteiger partial charge in [0.25, 0.3) is 0 Å². The highest BCUT2D eigenvalue weighted by atomic mass is 19.1. The minimum atomic E-state index is -0.561. The number of halogens is 1. The van der Waals surface area contributed by atoms with Gasteiger partial charge >= 0.3 is 5.97 Å². The maximum atomic E-state index is 12.8. The van der Waals surface area contributed by atoms with E-state index in [4.69, 9.17) is 7.85 Å². The predicted molar refractivity (Wildman–Crippen MR) is 47.2 cm³/mol. The molecule has 0 aliphatic carbocycles. The van der Waals surface area contributed by atoms with Crippen LogP contribution in [-0.2, 0) is 11.1 Å². The van der Waals surface area contributed by atoms with E-state index < -0.39 is 11.8 Å². The number of methoxy groups -OCH3 is 1. The van der Waals surface area contributed by atoms with E-state index in [1.807, 2.05) is 0 Å². The average Bonchev–Trinajstić information content (AvgIpc) is 2.15. The molecule has 0 saturated heterocycles. The molecule has 1 aromatic rings. The van der Waals surface area contributed by atoms with Crippen LogP contribution in [-0.4, -0.2) is 20.9 Å². The predicted octanol–water partition coefficient (Wildman–Crippen LogP) is 1.28. The lowest BCUT2D eigenvalue weighted by molar-refractivity contribution is 0.0600. The van der Waals surface area contributed by atoms with Crippen LogP contribution in [0.1, 0.15) is 15.9 Å². The van der Waals surface area contributed by atoms with Crippen LogP contribution in [0.25, 0.3) is 0 Å². The van der Waals surface area contributed by atoms with E-state index in [1.165, 1.54) is 19.2 Å². The van der Waals surface area contributed by atoms with Crippen LogP contribution in [0.3, 0.4) is 0 Å². The van der Waals surface area contributed by atoms with Gasteiger partial charge in [0.2, 0.25) is 0 Å². The molecule has 13 heavy (non-hydrogen) atoms. The number of hydrogen-bond acceptors (Lipinski definition) is 2. The second-order valence-electron chi connectivity index (χ2n) is 2.54. The summed E-state index contributed by atoms with van der Waals surface area (Å²) in [5.41, 5.74) is 0.753. The van der Waals surface area contributed by atoms with E-state index in [0.29, 0.717) is 5.56 Å². The lowest BCUT2D eigenvalue weighted by Gasteiger charge is -2.02. The van der Waals surface area contributed by atoms with Crippen molar-refractivity contribution >= 4 is 13.8 Å². The van der Waals surface area contributed by atoms with Crippen LogP contribution < -0.4 is 0 Å². The zero-order valence-electron chi connectivity index (χ0n) is 7.21.